The first-order chi connectivity index (χ1) is 30.7. The van der Waals surface area contributed by atoms with Crippen LogP contribution in [0.2, 0.25) is 0 Å². The number of benzene rings is 9. The van der Waals surface area contributed by atoms with Crippen molar-refractivity contribution >= 4 is 21.9 Å². The van der Waals surface area contributed by atoms with Crippen LogP contribution in [0.5, 0.6) is 0 Å². The molecule has 3 nitrogen and oxygen atoms in total. The van der Waals surface area contributed by atoms with Crippen LogP contribution in [0.4, 0.5) is 0 Å². The quantitative estimate of drug-likeness (QED) is 0.161. The zero-order valence-corrected chi connectivity index (χ0v) is 33.7. The molecule has 1 aliphatic rings. The van der Waals surface area contributed by atoms with E-state index in [4.69, 9.17) is 14.4 Å². The Bertz CT molecular complexity index is 3410. The highest BCUT2D eigenvalue weighted by Crippen LogP contribution is 2.56. The van der Waals surface area contributed by atoms with Crippen molar-refractivity contribution in [3.05, 3.63) is 253 Å². The second-order valence-electron chi connectivity index (χ2n) is 16.1. The van der Waals surface area contributed by atoms with Gasteiger partial charge in [0.05, 0.1) is 16.8 Å². The van der Waals surface area contributed by atoms with Crippen LogP contribution in [-0.4, -0.2) is 9.97 Å². The van der Waals surface area contributed by atoms with Gasteiger partial charge in [-0.25, -0.2) is 9.97 Å². The van der Waals surface area contributed by atoms with Crippen LogP contribution in [0.25, 0.3) is 89.2 Å². The highest BCUT2D eigenvalue weighted by atomic mass is 16.3. The topological polar surface area (TPSA) is 38.9 Å². The smallest absolute Gasteiger partial charge is 0.160 e. The van der Waals surface area contributed by atoms with Gasteiger partial charge in [-0.3, -0.25) is 0 Å². The lowest BCUT2D eigenvalue weighted by molar-refractivity contribution is 0.669. The first-order valence-electron chi connectivity index (χ1n) is 21.1. The molecule has 0 fully saturated rings. The SMILES string of the molecule is c1ccc(-c2cc(-c3cc(-c4ccc5c(c4)C(c4ccccc4)(c4ccccc4)c4ccccc4-5)nc(-c4ccccc4)n3)cc(-c3cccc4oc5ccccc5c34)c2)cc1. The molecule has 0 saturated heterocycles. The van der Waals surface area contributed by atoms with E-state index in [0.29, 0.717) is 5.82 Å². The van der Waals surface area contributed by atoms with Gasteiger partial charge in [0, 0.05) is 27.5 Å². The molecule has 12 rings (SSSR count). The maximum Gasteiger partial charge on any atom is 0.160 e. The summed E-state index contributed by atoms with van der Waals surface area (Å²) in [6.07, 6.45) is 0. The van der Waals surface area contributed by atoms with Crippen molar-refractivity contribution in [2.24, 2.45) is 0 Å². The van der Waals surface area contributed by atoms with Crippen LogP contribution in [0.15, 0.2) is 235 Å². The lowest BCUT2D eigenvalue weighted by Crippen LogP contribution is -2.28. The molecule has 290 valence electrons. The van der Waals surface area contributed by atoms with Crippen molar-refractivity contribution in [1.29, 1.82) is 0 Å². The molecule has 0 N–H and O–H groups in total. The molecule has 0 unspecified atom stereocenters. The summed E-state index contributed by atoms with van der Waals surface area (Å²) in [5, 5.41) is 2.20. The first kappa shape index (κ1) is 35.8. The zero-order valence-electron chi connectivity index (χ0n) is 33.7. The van der Waals surface area contributed by atoms with Crippen molar-refractivity contribution in [1.82, 2.24) is 9.97 Å². The summed E-state index contributed by atoms with van der Waals surface area (Å²) in [6.45, 7) is 0. The molecule has 3 heteroatoms. The Balaban J connectivity index is 1.10. The predicted molar refractivity (Wildman–Crippen MR) is 254 cm³/mol. The van der Waals surface area contributed by atoms with Crippen LogP contribution in [-0.2, 0) is 5.41 Å². The van der Waals surface area contributed by atoms with E-state index in [-0.39, 0.29) is 0 Å². The summed E-state index contributed by atoms with van der Waals surface area (Å²) in [5.41, 5.74) is 17.8. The first-order valence-corrected chi connectivity index (χ1v) is 21.1. The van der Waals surface area contributed by atoms with E-state index in [1.54, 1.807) is 0 Å². The molecule has 2 heterocycles. The third kappa shape index (κ3) is 5.74. The van der Waals surface area contributed by atoms with E-state index in [2.05, 4.69) is 212 Å². The molecule has 9 aromatic carbocycles. The molecule has 0 bridgehead atoms. The van der Waals surface area contributed by atoms with Crippen LogP contribution < -0.4 is 0 Å². The fourth-order valence-electron chi connectivity index (χ4n) is 9.81. The van der Waals surface area contributed by atoms with Crippen LogP contribution >= 0.6 is 0 Å². The van der Waals surface area contributed by atoms with Crippen molar-refractivity contribution in [3.8, 4) is 67.3 Å². The second-order valence-corrected chi connectivity index (χ2v) is 16.1. The van der Waals surface area contributed by atoms with Gasteiger partial charge in [-0.15, -0.1) is 0 Å². The fraction of sp³-hybridized carbons (Fsp3) is 0.0169. The zero-order chi connectivity index (χ0) is 41.0. The normalized spacial score (nSPS) is 12.6. The number of aromatic nitrogens is 2. The summed E-state index contributed by atoms with van der Waals surface area (Å²) < 4.78 is 6.38. The third-order valence-corrected chi connectivity index (χ3v) is 12.6. The molecule has 2 aromatic heterocycles. The molecular formula is C59H38N2O. The molecule has 0 atom stereocenters. The van der Waals surface area contributed by atoms with Gasteiger partial charge in [-0.2, -0.15) is 0 Å². The Morgan fingerprint density at radius 1 is 0.323 bits per heavy atom. The minimum atomic E-state index is -0.528. The monoisotopic (exact) mass is 790 g/mol. The van der Waals surface area contributed by atoms with Crippen molar-refractivity contribution in [2.45, 2.75) is 5.41 Å². The fourth-order valence-corrected chi connectivity index (χ4v) is 9.81. The Hall–Kier alpha value is -8.14. The Kier molecular flexibility index (Phi) is 8.39. The minimum Gasteiger partial charge on any atom is -0.456 e. The lowest BCUT2D eigenvalue weighted by Gasteiger charge is -2.34. The summed E-state index contributed by atoms with van der Waals surface area (Å²) in [4.78, 5) is 10.7. The van der Waals surface area contributed by atoms with Crippen molar-refractivity contribution in [3.63, 3.8) is 0 Å². The van der Waals surface area contributed by atoms with Gasteiger partial charge >= 0.3 is 0 Å². The Morgan fingerprint density at radius 2 is 0.871 bits per heavy atom. The summed E-state index contributed by atoms with van der Waals surface area (Å²) >= 11 is 0. The number of fused-ring (bicyclic) bond motifs is 6. The number of hydrogen-bond acceptors (Lipinski definition) is 3. The molecule has 0 spiro atoms. The van der Waals surface area contributed by atoms with E-state index in [1.165, 1.54) is 33.4 Å². The van der Waals surface area contributed by atoms with E-state index in [0.717, 1.165) is 72.3 Å². The number of rotatable bonds is 7. The highest BCUT2D eigenvalue weighted by molar-refractivity contribution is 6.12. The molecule has 0 aliphatic heterocycles. The highest BCUT2D eigenvalue weighted by Gasteiger charge is 2.46. The maximum absolute atomic E-state index is 6.38. The summed E-state index contributed by atoms with van der Waals surface area (Å²) in [6, 6.07) is 82.3. The average Bonchev–Trinajstić information content (AvgIpc) is 3.89. The van der Waals surface area contributed by atoms with E-state index in [1.807, 2.05) is 18.2 Å². The van der Waals surface area contributed by atoms with Gasteiger partial charge < -0.3 is 4.42 Å². The number of hydrogen-bond donors (Lipinski definition) is 0. The van der Waals surface area contributed by atoms with Gasteiger partial charge in [0.1, 0.15) is 11.2 Å². The number of nitrogens with zero attached hydrogens (tertiary/aromatic N) is 2. The summed E-state index contributed by atoms with van der Waals surface area (Å²) in [5.74, 6) is 0.675. The summed E-state index contributed by atoms with van der Waals surface area (Å²) in [7, 11) is 0. The third-order valence-electron chi connectivity index (χ3n) is 12.6. The largest absolute Gasteiger partial charge is 0.456 e. The minimum absolute atomic E-state index is 0.528. The molecular weight excluding hydrogens is 753 g/mol. The van der Waals surface area contributed by atoms with Crippen LogP contribution in [0.3, 0.4) is 0 Å². The van der Waals surface area contributed by atoms with Gasteiger partial charge in [-0.1, -0.05) is 188 Å². The molecule has 0 saturated carbocycles. The standard InChI is InChI=1S/C59H38N2O/c1-5-18-39(19-6-1)42-34-43(47-28-17-31-56-57(47)50-27-14-16-30-55(50)62-56)36-44(35-42)54-38-53(60-58(61-54)40-20-7-2-8-21-40)41-32-33-49-48-26-13-15-29-51(48)59(52(49)37-41,45-22-9-3-10-23-45)46-24-11-4-12-25-46/h1-38H. The number of para-hydroxylation sites is 1. The van der Waals surface area contributed by atoms with E-state index >= 15 is 0 Å². The lowest BCUT2D eigenvalue weighted by atomic mass is 9.67. The maximum atomic E-state index is 6.38. The molecule has 0 amide bonds. The van der Waals surface area contributed by atoms with E-state index < -0.39 is 5.41 Å². The second kappa shape index (κ2) is 14.5. The van der Waals surface area contributed by atoms with Crippen LogP contribution in [0, 0.1) is 0 Å². The predicted octanol–water partition coefficient (Wildman–Crippen LogP) is 15.1. The average molecular weight is 791 g/mol. The van der Waals surface area contributed by atoms with Crippen molar-refractivity contribution in [2.75, 3.05) is 0 Å². The van der Waals surface area contributed by atoms with Crippen LogP contribution in [0.1, 0.15) is 22.3 Å². The molecule has 62 heavy (non-hydrogen) atoms. The van der Waals surface area contributed by atoms with E-state index in [9.17, 15) is 0 Å². The van der Waals surface area contributed by atoms with Gasteiger partial charge in [0.25, 0.3) is 0 Å². The van der Waals surface area contributed by atoms with Gasteiger partial charge in [0.2, 0.25) is 0 Å². The molecule has 0 radical (unpaired) electrons. The number of furan rings is 1. The Labute approximate surface area is 360 Å². The van der Waals surface area contributed by atoms with Gasteiger partial charge in [-0.05, 0) is 98.1 Å². The van der Waals surface area contributed by atoms with Gasteiger partial charge in [0.15, 0.2) is 5.82 Å². The Morgan fingerprint density at radius 3 is 1.61 bits per heavy atom. The van der Waals surface area contributed by atoms with Crippen molar-refractivity contribution < 1.29 is 4.42 Å². The molecule has 1 aliphatic carbocycles. The molecule has 11 aromatic rings.